The number of anilines is 1. The van der Waals surface area contributed by atoms with E-state index >= 15 is 0 Å². The number of piperazine rings is 1. The first-order valence-electron chi connectivity index (χ1n) is 12.4. The van der Waals surface area contributed by atoms with Crippen molar-refractivity contribution in [3.05, 3.63) is 98.1 Å². The van der Waals surface area contributed by atoms with Gasteiger partial charge < -0.3 is 14.2 Å². The van der Waals surface area contributed by atoms with Gasteiger partial charge in [-0.1, -0.05) is 36.3 Å². The molecule has 0 spiro atoms. The fraction of sp³-hybridized carbons (Fsp3) is 0.233. The van der Waals surface area contributed by atoms with Crippen LogP contribution in [0.2, 0.25) is 0 Å². The Kier molecular flexibility index (Phi) is 7.65. The van der Waals surface area contributed by atoms with Crippen LogP contribution in [0, 0.1) is 29.5 Å². The van der Waals surface area contributed by atoms with Crippen LogP contribution in [0.1, 0.15) is 22.7 Å². The van der Waals surface area contributed by atoms with E-state index in [0.29, 0.717) is 53.3 Å². The van der Waals surface area contributed by atoms with E-state index < -0.39 is 0 Å². The lowest BCUT2D eigenvalue weighted by Crippen LogP contribution is -2.48. The molecule has 5 rings (SSSR count). The van der Waals surface area contributed by atoms with Gasteiger partial charge in [0.2, 0.25) is 0 Å². The zero-order valence-corrected chi connectivity index (χ0v) is 22.9. The molecule has 4 aromatic rings. The van der Waals surface area contributed by atoms with E-state index in [0.717, 1.165) is 11.1 Å². The van der Waals surface area contributed by atoms with Crippen LogP contribution < -0.4 is 15.2 Å². The van der Waals surface area contributed by atoms with Crippen LogP contribution in [0.15, 0.2) is 70.1 Å². The number of para-hydroxylation sites is 1. The average molecular weight is 586 g/mol. The third-order valence-electron chi connectivity index (χ3n) is 7.00. The van der Waals surface area contributed by atoms with Gasteiger partial charge in [-0.15, -0.1) is 6.42 Å². The van der Waals surface area contributed by atoms with Gasteiger partial charge in [-0.05, 0) is 51.8 Å². The molecule has 1 atom stereocenters. The van der Waals surface area contributed by atoms with Gasteiger partial charge in [0, 0.05) is 38.8 Å². The SMILES string of the molecule is C#CCOc1ccccc1[C@H](c1ccc(F)cc1)N1CCN(c2c(C#N)c(=O)n(C)c3ccc(Br)nc23)CC1. The topological polar surface area (TPSA) is 74.4 Å². The largest absolute Gasteiger partial charge is 0.481 e. The second-order valence-electron chi connectivity index (χ2n) is 9.21. The van der Waals surface area contributed by atoms with Crippen molar-refractivity contribution in [2.75, 3.05) is 37.7 Å². The lowest BCUT2D eigenvalue weighted by atomic mass is 9.95. The molecule has 0 amide bonds. The lowest BCUT2D eigenvalue weighted by Gasteiger charge is -2.41. The van der Waals surface area contributed by atoms with Gasteiger partial charge >= 0.3 is 0 Å². The minimum absolute atomic E-state index is 0.0761. The van der Waals surface area contributed by atoms with Crippen LogP contribution in [-0.2, 0) is 7.05 Å². The van der Waals surface area contributed by atoms with E-state index in [9.17, 15) is 14.4 Å². The summed E-state index contributed by atoms with van der Waals surface area (Å²) in [5.74, 6) is 2.88. The number of aromatic nitrogens is 2. The van der Waals surface area contributed by atoms with Crippen LogP contribution in [0.5, 0.6) is 5.75 Å². The second kappa shape index (κ2) is 11.3. The van der Waals surface area contributed by atoms with Crippen LogP contribution in [0.4, 0.5) is 10.1 Å². The molecular weight excluding hydrogens is 561 g/mol. The molecule has 1 aliphatic rings. The van der Waals surface area contributed by atoms with Crippen molar-refractivity contribution >= 4 is 32.7 Å². The number of aryl methyl sites for hydroxylation is 1. The predicted octanol–water partition coefficient (Wildman–Crippen LogP) is 4.63. The molecule has 0 unspecified atom stereocenters. The zero-order valence-electron chi connectivity index (χ0n) is 21.3. The molecule has 1 fully saturated rings. The predicted molar refractivity (Wildman–Crippen MR) is 152 cm³/mol. The summed E-state index contributed by atoms with van der Waals surface area (Å²) in [5, 5.41) is 9.95. The zero-order chi connectivity index (χ0) is 27.5. The summed E-state index contributed by atoms with van der Waals surface area (Å²) in [4.78, 5) is 22.1. The molecule has 0 radical (unpaired) electrons. The highest BCUT2D eigenvalue weighted by molar-refractivity contribution is 9.10. The Hall–Kier alpha value is -4.18. The smallest absolute Gasteiger partial charge is 0.270 e. The Morgan fingerprint density at radius 3 is 2.51 bits per heavy atom. The Bertz CT molecular complexity index is 1660. The maximum absolute atomic E-state index is 13.8. The summed E-state index contributed by atoms with van der Waals surface area (Å²) >= 11 is 3.43. The molecule has 2 aromatic heterocycles. The molecule has 3 heterocycles. The molecule has 9 heteroatoms. The third-order valence-corrected chi connectivity index (χ3v) is 7.44. The van der Waals surface area contributed by atoms with Crippen molar-refractivity contribution in [3.63, 3.8) is 0 Å². The summed E-state index contributed by atoms with van der Waals surface area (Å²) in [6, 6.07) is 19.7. The molecule has 2 aromatic carbocycles. The van der Waals surface area contributed by atoms with Crippen LogP contribution in [0.25, 0.3) is 11.0 Å². The van der Waals surface area contributed by atoms with E-state index in [2.05, 4.69) is 42.7 Å². The number of pyridine rings is 2. The number of ether oxygens (including phenoxy) is 1. The minimum atomic E-state index is -0.352. The molecule has 0 N–H and O–H groups in total. The quantitative estimate of drug-likeness (QED) is 0.243. The first-order chi connectivity index (χ1) is 18.9. The number of terminal acetylenes is 1. The van der Waals surface area contributed by atoms with Crippen LogP contribution >= 0.6 is 15.9 Å². The summed E-state index contributed by atoms with van der Waals surface area (Å²) in [7, 11) is 1.65. The Labute approximate surface area is 234 Å². The van der Waals surface area contributed by atoms with E-state index in [4.69, 9.17) is 11.2 Å². The minimum Gasteiger partial charge on any atom is -0.481 e. The summed E-state index contributed by atoms with van der Waals surface area (Å²) in [6.07, 6.45) is 5.45. The van der Waals surface area contributed by atoms with Gasteiger partial charge in [0.1, 0.15) is 39.9 Å². The van der Waals surface area contributed by atoms with Gasteiger partial charge in [-0.3, -0.25) is 9.69 Å². The molecule has 39 heavy (non-hydrogen) atoms. The molecule has 0 bridgehead atoms. The van der Waals surface area contributed by atoms with E-state index in [-0.39, 0.29) is 29.6 Å². The van der Waals surface area contributed by atoms with Crippen molar-refractivity contribution in [1.29, 1.82) is 5.26 Å². The summed E-state index contributed by atoms with van der Waals surface area (Å²) < 4.78 is 21.8. The molecule has 0 saturated carbocycles. The molecule has 196 valence electrons. The van der Waals surface area contributed by atoms with Crippen LogP contribution in [-0.4, -0.2) is 47.2 Å². The molecule has 0 aliphatic carbocycles. The first-order valence-corrected chi connectivity index (χ1v) is 13.2. The standard InChI is InChI=1S/C30H25BrFN5O2/c1-3-18-39-25-7-5-4-6-22(25)28(20-8-10-21(32)11-9-20)36-14-16-37(17-15-36)29-23(19-33)30(38)35(2)24-12-13-26(31)34-27(24)29/h1,4-13,28H,14-18H2,2H3/t28-/m0/s1. The van der Waals surface area contributed by atoms with Crippen molar-refractivity contribution < 1.29 is 9.13 Å². The van der Waals surface area contributed by atoms with Crippen molar-refractivity contribution in [1.82, 2.24) is 14.5 Å². The number of nitriles is 1. The normalized spacial score (nSPS) is 14.5. The number of hydrogen-bond donors (Lipinski definition) is 0. The van der Waals surface area contributed by atoms with Crippen molar-refractivity contribution in [2.45, 2.75) is 6.04 Å². The number of hydrogen-bond acceptors (Lipinski definition) is 6. The number of halogens is 2. The Morgan fingerprint density at radius 2 is 1.82 bits per heavy atom. The summed E-state index contributed by atoms with van der Waals surface area (Å²) in [6.45, 7) is 2.46. The maximum Gasteiger partial charge on any atom is 0.270 e. The van der Waals surface area contributed by atoms with Gasteiger partial charge in [-0.25, -0.2) is 9.37 Å². The second-order valence-corrected chi connectivity index (χ2v) is 10.0. The first kappa shape index (κ1) is 26.4. The number of benzene rings is 2. The van der Waals surface area contributed by atoms with Crippen molar-refractivity contribution in [2.24, 2.45) is 7.05 Å². The van der Waals surface area contributed by atoms with Gasteiger partial charge in [0.15, 0.2) is 0 Å². The van der Waals surface area contributed by atoms with Gasteiger partial charge in [0.25, 0.3) is 5.56 Å². The third kappa shape index (κ3) is 5.12. The Balaban J connectivity index is 1.53. The van der Waals surface area contributed by atoms with E-state index in [1.807, 2.05) is 30.3 Å². The monoisotopic (exact) mass is 585 g/mol. The number of nitrogens with zero attached hydrogens (tertiary/aromatic N) is 5. The van der Waals surface area contributed by atoms with Gasteiger partial charge in [0.05, 0.1) is 17.2 Å². The highest BCUT2D eigenvalue weighted by atomic mass is 79.9. The molecular formula is C30H25BrFN5O2. The highest BCUT2D eigenvalue weighted by Gasteiger charge is 2.31. The highest BCUT2D eigenvalue weighted by Crippen LogP contribution is 2.37. The maximum atomic E-state index is 13.8. The van der Waals surface area contributed by atoms with E-state index in [1.54, 1.807) is 25.2 Å². The fourth-order valence-corrected chi connectivity index (χ4v) is 5.48. The lowest BCUT2D eigenvalue weighted by molar-refractivity contribution is 0.208. The molecule has 1 aliphatic heterocycles. The van der Waals surface area contributed by atoms with Crippen molar-refractivity contribution in [3.8, 4) is 24.2 Å². The number of rotatable bonds is 6. The summed E-state index contributed by atoms with van der Waals surface area (Å²) in [5.41, 5.74) is 3.37. The fourth-order valence-electron chi connectivity index (χ4n) is 5.17. The molecule has 7 nitrogen and oxygen atoms in total. The van der Waals surface area contributed by atoms with E-state index in [1.165, 1.54) is 16.7 Å². The van der Waals surface area contributed by atoms with Gasteiger partial charge in [-0.2, -0.15) is 5.26 Å². The number of fused-ring (bicyclic) bond motifs is 1. The molecule has 1 saturated heterocycles. The van der Waals surface area contributed by atoms with Crippen LogP contribution in [0.3, 0.4) is 0 Å². The Morgan fingerprint density at radius 1 is 1.10 bits per heavy atom. The average Bonchev–Trinajstić information content (AvgIpc) is 2.96.